The minimum atomic E-state index is -0.832. The molecule has 0 unspecified atom stereocenters. The van der Waals surface area contributed by atoms with Crippen molar-refractivity contribution < 1.29 is 19.6 Å². The first-order chi connectivity index (χ1) is 16.0. The van der Waals surface area contributed by atoms with E-state index >= 15 is 0 Å². The lowest BCUT2D eigenvalue weighted by Gasteiger charge is -2.37. The predicted molar refractivity (Wildman–Crippen MR) is 125 cm³/mol. The van der Waals surface area contributed by atoms with Crippen molar-refractivity contribution in [1.29, 1.82) is 0 Å². The van der Waals surface area contributed by atoms with E-state index in [1.165, 1.54) is 6.42 Å². The third-order valence-electron chi connectivity index (χ3n) is 8.07. The quantitative estimate of drug-likeness (QED) is 0.403. The number of anilines is 1. The first-order valence-electron chi connectivity index (χ1n) is 12.6. The van der Waals surface area contributed by atoms with Gasteiger partial charge >= 0.3 is 0 Å². The molecule has 0 bridgehead atoms. The molecule has 2 atom stereocenters. The number of likely N-dealkylation sites (tertiary alicyclic amines) is 1. The van der Waals surface area contributed by atoms with E-state index in [4.69, 9.17) is 0 Å². The second-order valence-corrected chi connectivity index (χ2v) is 10.3. The molecule has 1 heterocycles. The number of nitrogens with one attached hydrogen (secondary N) is 2. The van der Waals surface area contributed by atoms with E-state index < -0.39 is 17.4 Å². The average Bonchev–Trinajstić information content (AvgIpc) is 3.45. The second kappa shape index (κ2) is 10.7. The van der Waals surface area contributed by atoms with Gasteiger partial charge in [0.25, 0.3) is 0 Å². The number of para-hydroxylation sites is 1. The maximum atomic E-state index is 14.0. The first-order valence-corrected chi connectivity index (χ1v) is 12.6. The van der Waals surface area contributed by atoms with E-state index in [-0.39, 0.29) is 24.2 Å². The molecule has 7 nitrogen and oxygen atoms in total. The minimum Gasteiger partial charge on any atom is -0.330 e. The minimum absolute atomic E-state index is 0.0208. The van der Waals surface area contributed by atoms with Crippen LogP contribution in [0.15, 0.2) is 30.3 Å². The molecule has 0 aromatic heterocycles. The maximum Gasteiger partial charge on any atom is 0.247 e. The molecule has 4 rings (SSSR count). The zero-order chi connectivity index (χ0) is 23.3. The summed E-state index contributed by atoms with van der Waals surface area (Å²) in [7, 11) is 0. The van der Waals surface area contributed by atoms with Crippen molar-refractivity contribution in [3.8, 4) is 0 Å². The molecule has 1 aromatic carbocycles. The molecule has 2 saturated carbocycles. The van der Waals surface area contributed by atoms with E-state index in [0.717, 1.165) is 57.1 Å². The largest absolute Gasteiger partial charge is 0.330 e. The Morgan fingerprint density at radius 3 is 2.36 bits per heavy atom. The average molecular weight is 456 g/mol. The molecule has 33 heavy (non-hydrogen) atoms. The molecular formula is C26H37N3O4. The molecule has 1 saturated heterocycles. The summed E-state index contributed by atoms with van der Waals surface area (Å²) < 4.78 is 0. The number of carbonyl (C=O) groups excluding carboxylic acids is 3. The van der Waals surface area contributed by atoms with Crippen molar-refractivity contribution in [2.24, 2.45) is 17.3 Å². The topological polar surface area (TPSA) is 98.7 Å². The van der Waals surface area contributed by atoms with Gasteiger partial charge in [0.15, 0.2) is 0 Å². The summed E-state index contributed by atoms with van der Waals surface area (Å²) in [5.41, 5.74) is 1.63. The summed E-state index contributed by atoms with van der Waals surface area (Å²) in [6, 6.07) is 8.86. The van der Waals surface area contributed by atoms with Gasteiger partial charge in [-0.15, -0.1) is 0 Å². The summed E-state index contributed by atoms with van der Waals surface area (Å²) in [4.78, 5) is 41.6. The molecule has 1 aromatic rings. The smallest absolute Gasteiger partial charge is 0.247 e. The molecule has 180 valence electrons. The highest BCUT2D eigenvalue weighted by atomic mass is 16.5. The van der Waals surface area contributed by atoms with Crippen LogP contribution in [0.1, 0.15) is 77.0 Å². The summed E-state index contributed by atoms with van der Waals surface area (Å²) in [6.07, 6.45) is 10.9. The van der Waals surface area contributed by atoms with Gasteiger partial charge in [-0.3, -0.25) is 19.6 Å². The highest BCUT2D eigenvalue weighted by Crippen LogP contribution is 2.46. The van der Waals surface area contributed by atoms with Crippen molar-refractivity contribution in [2.45, 2.75) is 83.1 Å². The van der Waals surface area contributed by atoms with Gasteiger partial charge < -0.3 is 10.2 Å². The lowest BCUT2D eigenvalue weighted by molar-refractivity contribution is -0.147. The summed E-state index contributed by atoms with van der Waals surface area (Å²) >= 11 is 0. The summed E-state index contributed by atoms with van der Waals surface area (Å²) in [5.74, 6) is -0.195. The Morgan fingerprint density at radius 1 is 1.03 bits per heavy atom. The molecule has 1 aliphatic heterocycles. The highest BCUT2D eigenvalue weighted by molar-refractivity contribution is 5.99. The number of hydrogen-bond donors (Lipinski definition) is 3. The van der Waals surface area contributed by atoms with Gasteiger partial charge in [0.1, 0.15) is 6.04 Å². The van der Waals surface area contributed by atoms with Crippen LogP contribution in [-0.2, 0) is 14.4 Å². The molecule has 2 aliphatic carbocycles. The number of hydroxylamine groups is 1. The Morgan fingerprint density at radius 2 is 1.70 bits per heavy atom. The van der Waals surface area contributed by atoms with Crippen LogP contribution >= 0.6 is 0 Å². The maximum absolute atomic E-state index is 14.0. The monoisotopic (exact) mass is 455 g/mol. The van der Waals surface area contributed by atoms with Crippen molar-refractivity contribution in [3.05, 3.63) is 30.3 Å². The van der Waals surface area contributed by atoms with E-state index in [1.807, 2.05) is 30.3 Å². The van der Waals surface area contributed by atoms with Crippen LogP contribution in [0.4, 0.5) is 5.69 Å². The molecule has 7 heteroatoms. The van der Waals surface area contributed by atoms with E-state index in [9.17, 15) is 19.6 Å². The number of amides is 3. The van der Waals surface area contributed by atoms with Crippen LogP contribution in [0.25, 0.3) is 0 Å². The van der Waals surface area contributed by atoms with Crippen molar-refractivity contribution >= 4 is 23.4 Å². The van der Waals surface area contributed by atoms with E-state index in [2.05, 4.69) is 5.32 Å². The Bertz CT molecular complexity index is 833. The van der Waals surface area contributed by atoms with Crippen molar-refractivity contribution in [2.75, 3.05) is 11.9 Å². The van der Waals surface area contributed by atoms with E-state index in [1.54, 1.807) is 10.4 Å². The van der Waals surface area contributed by atoms with Crippen LogP contribution in [0.5, 0.6) is 0 Å². The van der Waals surface area contributed by atoms with Crippen LogP contribution in [0.3, 0.4) is 0 Å². The lowest BCUT2D eigenvalue weighted by atomic mass is 9.74. The SMILES string of the molecule is O=C(C[C@]1(CC2CCCC2)CCN([C@@H](C(=O)Nc2ccccc2)C2CCCCC2)C1=O)NO. The van der Waals surface area contributed by atoms with Gasteiger partial charge in [-0.1, -0.05) is 63.1 Å². The van der Waals surface area contributed by atoms with Crippen LogP contribution in [0.2, 0.25) is 0 Å². The highest BCUT2D eigenvalue weighted by Gasteiger charge is 2.53. The van der Waals surface area contributed by atoms with Crippen LogP contribution in [-0.4, -0.2) is 40.4 Å². The zero-order valence-electron chi connectivity index (χ0n) is 19.4. The fourth-order valence-electron chi connectivity index (χ4n) is 6.45. The van der Waals surface area contributed by atoms with Gasteiger partial charge in [0.2, 0.25) is 17.7 Å². The second-order valence-electron chi connectivity index (χ2n) is 10.3. The van der Waals surface area contributed by atoms with Gasteiger partial charge in [0, 0.05) is 18.7 Å². The Hall–Kier alpha value is -2.41. The molecular weight excluding hydrogens is 418 g/mol. The number of carbonyl (C=O) groups is 3. The Labute approximate surface area is 196 Å². The fraction of sp³-hybridized carbons (Fsp3) is 0.654. The zero-order valence-corrected chi connectivity index (χ0v) is 19.4. The third kappa shape index (κ3) is 5.40. The number of hydrogen-bond acceptors (Lipinski definition) is 4. The van der Waals surface area contributed by atoms with Gasteiger partial charge in [-0.05, 0) is 49.7 Å². The molecule has 3 amide bonds. The van der Waals surface area contributed by atoms with Crippen LogP contribution in [0, 0.1) is 17.3 Å². The molecule has 0 radical (unpaired) electrons. The molecule has 3 aliphatic rings. The molecule has 3 N–H and O–H groups in total. The number of rotatable bonds is 8. The normalized spacial score (nSPS) is 25.2. The van der Waals surface area contributed by atoms with Crippen molar-refractivity contribution in [3.63, 3.8) is 0 Å². The fourth-order valence-corrected chi connectivity index (χ4v) is 6.45. The Balaban J connectivity index is 1.59. The van der Waals surface area contributed by atoms with Gasteiger partial charge in [-0.2, -0.15) is 0 Å². The summed E-state index contributed by atoms with van der Waals surface area (Å²) in [5, 5.41) is 12.2. The lowest BCUT2D eigenvalue weighted by Crippen LogP contribution is -2.52. The van der Waals surface area contributed by atoms with E-state index in [0.29, 0.717) is 25.3 Å². The standard InChI is InChI=1S/C26H37N3O4/c30-22(28-33)18-26(17-19-9-7-8-10-19)15-16-29(25(26)32)23(20-11-3-1-4-12-20)24(31)27-21-13-5-2-6-14-21/h2,5-6,13-14,19-20,23,33H,1,3-4,7-12,15-18H2,(H,27,31)(H,28,30)/t23-,26-/m1/s1. The summed E-state index contributed by atoms with van der Waals surface area (Å²) in [6.45, 7) is 0.480. The molecule has 3 fully saturated rings. The van der Waals surface area contributed by atoms with Gasteiger partial charge in [-0.25, -0.2) is 5.48 Å². The third-order valence-corrected chi connectivity index (χ3v) is 8.07. The van der Waals surface area contributed by atoms with Crippen molar-refractivity contribution in [1.82, 2.24) is 10.4 Å². The van der Waals surface area contributed by atoms with Gasteiger partial charge in [0.05, 0.1) is 5.41 Å². The Kier molecular flexibility index (Phi) is 7.68. The first kappa shape index (κ1) is 23.7. The number of benzene rings is 1. The molecule has 0 spiro atoms. The van der Waals surface area contributed by atoms with Crippen LogP contribution < -0.4 is 10.8 Å². The predicted octanol–water partition coefficient (Wildman–Crippen LogP) is 4.27. The number of nitrogens with zero attached hydrogens (tertiary/aromatic N) is 1.